The highest BCUT2D eigenvalue weighted by molar-refractivity contribution is 8.00. The summed E-state index contributed by atoms with van der Waals surface area (Å²) in [4.78, 5) is 10.6. The van der Waals surface area contributed by atoms with Gasteiger partial charge in [0.25, 0.3) is 0 Å². The summed E-state index contributed by atoms with van der Waals surface area (Å²) in [5, 5.41) is 15.4. The molecule has 1 aromatic heterocycles. The average molecular weight is 215 g/mol. The van der Waals surface area contributed by atoms with Crippen LogP contribution in [-0.4, -0.2) is 22.2 Å². The summed E-state index contributed by atoms with van der Waals surface area (Å²) < 4.78 is 0. The molecule has 1 aliphatic rings. The Morgan fingerprint density at radius 1 is 1.69 bits per heavy atom. The molecule has 2 unspecified atom stereocenters. The summed E-state index contributed by atoms with van der Waals surface area (Å²) in [6.07, 6.45) is 0. The lowest BCUT2D eigenvalue weighted by molar-refractivity contribution is -0.136. The topological polar surface area (TPSA) is 49.3 Å². The van der Waals surface area contributed by atoms with Crippen molar-refractivity contribution in [3.63, 3.8) is 0 Å². The zero-order valence-corrected chi connectivity index (χ0v) is 8.40. The molecule has 0 saturated carbocycles. The van der Waals surface area contributed by atoms with E-state index in [1.165, 1.54) is 17.3 Å². The number of thiophene rings is 1. The zero-order valence-electron chi connectivity index (χ0n) is 6.77. The van der Waals surface area contributed by atoms with E-state index in [9.17, 15) is 4.79 Å². The van der Waals surface area contributed by atoms with Crippen molar-refractivity contribution in [2.75, 3.05) is 5.75 Å². The van der Waals surface area contributed by atoms with E-state index in [1.54, 1.807) is 11.3 Å². The minimum Gasteiger partial charge on any atom is -0.479 e. The van der Waals surface area contributed by atoms with Crippen molar-refractivity contribution in [2.45, 2.75) is 11.4 Å². The smallest absolute Gasteiger partial charge is 0.331 e. The summed E-state index contributed by atoms with van der Waals surface area (Å²) in [5.74, 6) is 0.0657. The van der Waals surface area contributed by atoms with Gasteiger partial charge in [0, 0.05) is 11.8 Å². The van der Waals surface area contributed by atoms with Crippen molar-refractivity contribution in [1.29, 1.82) is 0 Å². The van der Waals surface area contributed by atoms with E-state index >= 15 is 0 Å². The van der Waals surface area contributed by atoms with E-state index in [1.807, 2.05) is 11.4 Å². The molecular formula is C8H9NO2S2. The monoisotopic (exact) mass is 215 g/mol. The molecule has 5 heteroatoms. The average Bonchev–Trinajstić information content (AvgIpc) is 2.75. The minimum absolute atomic E-state index is 0.206. The van der Waals surface area contributed by atoms with E-state index in [4.69, 9.17) is 5.11 Å². The normalized spacial score (nSPS) is 27.7. The van der Waals surface area contributed by atoms with Crippen LogP contribution >= 0.6 is 23.1 Å². The molecule has 0 spiro atoms. The van der Waals surface area contributed by atoms with Gasteiger partial charge < -0.3 is 5.11 Å². The molecule has 0 amide bonds. The highest BCUT2D eigenvalue weighted by Gasteiger charge is 2.30. The van der Waals surface area contributed by atoms with E-state index in [-0.39, 0.29) is 6.04 Å². The van der Waals surface area contributed by atoms with Crippen LogP contribution in [0.1, 0.15) is 11.6 Å². The SMILES string of the molecule is O=C(O)C1NC(c2ccsc2)CS1. The first-order valence-corrected chi connectivity index (χ1v) is 5.89. The Kier molecular flexibility index (Phi) is 2.57. The lowest BCUT2D eigenvalue weighted by atomic mass is 10.2. The fourth-order valence-corrected chi connectivity index (χ4v) is 3.07. The molecule has 1 fully saturated rings. The van der Waals surface area contributed by atoms with Crippen molar-refractivity contribution in [1.82, 2.24) is 5.32 Å². The fraction of sp³-hybridized carbons (Fsp3) is 0.375. The number of aliphatic carboxylic acids is 1. The molecule has 1 saturated heterocycles. The van der Waals surface area contributed by atoms with Crippen LogP contribution in [0, 0.1) is 0 Å². The Labute approximate surface area is 84.2 Å². The van der Waals surface area contributed by atoms with Crippen LogP contribution in [0.25, 0.3) is 0 Å². The molecule has 0 bridgehead atoms. The number of thioether (sulfide) groups is 1. The van der Waals surface area contributed by atoms with Gasteiger partial charge in [0.15, 0.2) is 5.37 Å². The van der Waals surface area contributed by atoms with Gasteiger partial charge in [0.2, 0.25) is 0 Å². The second kappa shape index (κ2) is 3.69. The second-order valence-corrected chi connectivity index (χ2v) is 4.75. The van der Waals surface area contributed by atoms with Gasteiger partial charge in [-0.15, -0.1) is 11.8 Å². The van der Waals surface area contributed by atoms with Crippen LogP contribution in [0.2, 0.25) is 0 Å². The molecule has 1 aromatic rings. The third kappa shape index (κ3) is 1.87. The van der Waals surface area contributed by atoms with Crippen LogP contribution in [0.5, 0.6) is 0 Å². The van der Waals surface area contributed by atoms with Crippen LogP contribution < -0.4 is 5.32 Å². The van der Waals surface area contributed by atoms with Crippen LogP contribution in [0.4, 0.5) is 0 Å². The molecular weight excluding hydrogens is 206 g/mol. The van der Waals surface area contributed by atoms with Crippen molar-refractivity contribution in [2.24, 2.45) is 0 Å². The molecule has 2 rings (SSSR count). The van der Waals surface area contributed by atoms with E-state index in [0.29, 0.717) is 0 Å². The Bertz CT molecular complexity index is 299. The first-order chi connectivity index (χ1) is 6.27. The van der Waals surface area contributed by atoms with Crippen LogP contribution in [0.15, 0.2) is 16.8 Å². The van der Waals surface area contributed by atoms with Crippen molar-refractivity contribution in [3.8, 4) is 0 Å². The number of hydrogen-bond acceptors (Lipinski definition) is 4. The maximum Gasteiger partial charge on any atom is 0.331 e. The lowest BCUT2D eigenvalue weighted by Gasteiger charge is -2.07. The van der Waals surface area contributed by atoms with Gasteiger partial charge in [-0.2, -0.15) is 11.3 Å². The molecule has 2 N–H and O–H groups in total. The first kappa shape index (κ1) is 9.05. The van der Waals surface area contributed by atoms with Gasteiger partial charge >= 0.3 is 5.97 Å². The highest BCUT2D eigenvalue weighted by atomic mass is 32.2. The highest BCUT2D eigenvalue weighted by Crippen LogP contribution is 2.29. The summed E-state index contributed by atoms with van der Waals surface area (Å²) >= 11 is 3.09. The Balaban J connectivity index is 2.03. The number of nitrogens with one attached hydrogen (secondary N) is 1. The summed E-state index contributed by atoms with van der Waals surface area (Å²) in [7, 11) is 0. The maximum absolute atomic E-state index is 10.6. The van der Waals surface area contributed by atoms with E-state index in [2.05, 4.69) is 10.7 Å². The lowest BCUT2D eigenvalue weighted by Crippen LogP contribution is -2.30. The summed E-state index contributed by atoms with van der Waals surface area (Å²) in [6.45, 7) is 0. The molecule has 3 nitrogen and oxygen atoms in total. The van der Waals surface area contributed by atoms with E-state index in [0.717, 1.165) is 5.75 Å². The predicted octanol–water partition coefficient (Wildman–Crippen LogP) is 1.54. The minimum atomic E-state index is -0.775. The van der Waals surface area contributed by atoms with Gasteiger partial charge in [-0.25, -0.2) is 4.79 Å². The first-order valence-electron chi connectivity index (χ1n) is 3.90. The quantitative estimate of drug-likeness (QED) is 0.785. The molecule has 2 heterocycles. The van der Waals surface area contributed by atoms with Crippen LogP contribution in [-0.2, 0) is 4.79 Å². The van der Waals surface area contributed by atoms with Gasteiger partial charge in [0.05, 0.1) is 0 Å². The zero-order chi connectivity index (χ0) is 9.26. The fourth-order valence-electron chi connectivity index (χ4n) is 1.28. The van der Waals surface area contributed by atoms with Gasteiger partial charge in [-0.05, 0) is 22.4 Å². The molecule has 0 radical (unpaired) electrons. The second-order valence-electron chi connectivity index (χ2n) is 2.83. The van der Waals surface area contributed by atoms with Gasteiger partial charge in [0.1, 0.15) is 0 Å². The van der Waals surface area contributed by atoms with E-state index < -0.39 is 11.3 Å². The van der Waals surface area contributed by atoms with Gasteiger partial charge in [-0.3, -0.25) is 5.32 Å². The third-order valence-corrected chi connectivity index (χ3v) is 3.85. The summed E-state index contributed by atoms with van der Waals surface area (Å²) in [5.41, 5.74) is 1.20. The maximum atomic E-state index is 10.6. The third-order valence-electron chi connectivity index (χ3n) is 1.95. The molecule has 13 heavy (non-hydrogen) atoms. The molecule has 2 atom stereocenters. The molecule has 0 aliphatic carbocycles. The standard InChI is InChI=1S/C8H9NO2S2/c10-8(11)7-9-6(4-13-7)5-1-2-12-3-5/h1-3,6-7,9H,4H2,(H,10,11). The number of rotatable bonds is 2. The van der Waals surface area contributed by atoms with Crippen molar-refractivity contribution < 1.29 is 9.90 Å². The Hall–Kier alpha value is -0.520. The number of carboxylic acid groups (broad SMARTS) is 1. The van der Waals surface area contributed by atoms with Crippen molar-refractivity contribution in [3.05, 3.63) is 22.4 Å². The van der Waals surface area contributed by atoms with Crippen LogP contribution in [0.3, 0.4) is 0 Å². The molecule has 1 aliphatic heterocycles. The number of carboxylic acids is 1. The predicted molar refractivity (Wildman–Crippen MR) is 54.1 cm³/mol. The summed E-state index contributed by atoms with van der Waals surface area (Å²) in [6, 6.07) is 2.24. The van der Waals surface area contributed by atoms with Gasteiger partial charge in [-0.1, -0.05) is 0 Å². The Morgan fingerprint density at radius 2 is 2.54 bits per heavy atom. The largest absolute Gasteiger partial charge is 0.479 e. The Morgan fingerprint density at radius 3 is 3.08 bits per heavy atom. The number of hydrogen-bond donors (Lipinski definition) is 2. The molecule has 70 valence electrons. The molecule has 0 aromatic carbocycles. The van der Waals surface area contributed by atoms with Crippen molar-refractivity contribution >= 4 is 29.1 Å². The number of carbonyl (C=O) groups is 1.